The van der Waals surface area contributed by atoms with E-state index in [0.29, 0.717) is 11.6 Å². The van der Waals surface area contributed by atoms with E-state index in [-0.39, 0.29) is 24.5 Å². The molecule has 0 aliphatic carbocycles. The number of carbonyl (C=O) groups excluding carboxylic acids is 1. The summed E-state index contributed by atoms with van der Waals surface area (Å²) in [6.45, 7) is 2.30. The maximum absolute atomic E-state index is 11.8. The fourth-order valence-electron chi connectivity index (χ4n) is 1.87. The lowest BCUT2D eigenvalue weighted by Gasteiger charge is -2.17. The fraction of sp³-hybridized carbons (Fsp3) is 0.500. The average Bonchev–Trinajstić information content (AvgIpc) is 2.35. The van der Waals surface area contributed by atoms with Crippen molar-refractivity contribution in [1.82, 2.24) is 5.32 Å². The van der Waals surface area contributed by atoms with Gasteiger partial charge in [-0.25, -0.2) is 0 Å². The first-order valence-corrected chi connectivity index (χ1v) is 6.69. The summed E-state index contributed by atoms with van der Waals surface area (Å²) >= 11 is 5.92. The van der Waals surface area contributed by atoms with Crippen molar-refractivity contribution in [2.75, 3.05) is 13.7 Å². The summed E-state index contributed by atoms with van der Waals surface area (Å²) in [6.07, 6.45) is 0.804. The molecule has 0 fully saturated rings. The minimum atomic E-state index is -0.224. The van der Waals surface area contributed by atoms with Crippen LogP contribution in [0.5, 0.6) is 0 Å². The third kappa shape index (κ3) is 6.05. The Balaban J connectivity index is 2.42. The van der Waals surface area contributed by atoms with Crippen LogP contribution in [0.15, 0.2) is 24.3 Å². The number of carbonyl (C=O) groups is 1. The van der Waals surface area contributed by atoms with Crippen molar-refractivity contribution in [2.24, 2.45) is 5.73 Å². The molecule has 0 spiro atoms. The third-order valence-corrected chi connectivity index (χ3v) is 3.08. The van der Waals surface area contributed by atoms with Gasteiger partial charge in [0.2, 0.25) is 5.91 Å². The van der Waals surface area contributed by atoms with Gasteiger partial charge in [-0.15, -0.1) is 0 Å². The number of rotatable bonds is 7. The molecule has 3 N–H and O–H groups in total. The van der Waals surface area contributed by atoms with Crippen LogP contribution in [-0.4, -0.2) is 31.7 Å². The monoisotopic (exact) mass is 284 g/mol. The predicted octanol–water partition coefficient (Wildman–Crippen LogP) is 1.75. The molecule has 0 radical (unpaired) electrons. The molecule has 0 saturated heterocycles. The average molecular weight is 285 g/mol. The predicted molar refractivity (Wildman–Crippen MR) is 77.2 cm³/mol. The number of amides is 1. The Kier molecular flexibility index (Phi) is 6.84. The van der Waals surface area contributed by atoms with E-state index >= 15 is 0 Å². The normalized spacial score (nSPS) is 13.9. The van der Waals surface area contributed by atoms with Gasteiger partial charge in [-0.2, -0.15) is 0 Å². The number of nitrogens with one attached hydrogen (secondary N) is 1. The van der Waals surface area contributed by atoms with Gasteiger partial charge in [0.05, 0.1) is 12.5 Å². The Labute approximate surface area is 119 Å². The highest BCUT2D eigenvalue weighted by molar-refractivity contribution is 6.30. The standard InChI is InChI=1S/C14H21ClN2O2/c1-10(6-11-4-3-5-12(15)7-11)17-14(18)8-13(9-16)19-2/h3-5,7,10,13H,6,8-9,16H2,1-2H3,(H,17,18). The van der Waals surface area contributed by atoms with Crippen LogP contribution in [0.4, 0.5) is 0 Å². The smallest absolute Gasteiger partial charge is 0.222 e. The summed E-state index contributed by atoms with van der Waals surface area (Å²) in [7, 11) is 1.56. The first-order valence-electron chi connectivity index (χ1n) is 6.31. The van der Waals surface area contributed by atoms with Crippen molar-refractivity contribution in [1.29, 1.82) is 0 Å². The Morgan fingerprint density at radius 3 is 2.84 bits per heavy atom. The van der Waals surface area contributed by atoms with E-state index in [1.54, 1.807) is 7.11 Å². The van der Waals surface area contributed by atoms with E-state index in [4.69, 9.17) is 22.1 Å². The number of hydrogen-bond acceptors (Lipinski definition) is 3. The second kappa shape index (κ2) is 8.15. The zero-order valence-corrected chi connectivity index (χ0v) is 12.1. The van der Waals surface area contributed by atoms with Crippen molar-refractivity contribution in [3.8, 4) is 0 Å². The third-order valence-electron chi connectivity index (χ3n) is 2.85. The minimum absolute atomic E-state index is 0.0428. The highest BCUT2D eigenvalue weighted by Crippen LogP contribution is 2.12. The van der Waals surface area contributed by atoms with Gasteiger partial charge >= 0.3 is 0 Å². The van der Waals surface area contributed by atoms with Gasteiger partial charge in [0.25, 0.3) is 0 Å². The maximum atomic E-state index is 11.8. The first kappa shape index (κ1) is 16.0. The molecule has 1 amide bonds. The van der Waals surface area contributed by atoms with Crippen molar-refractivity contribution >= 4 is 17.5 Å². The molecule has 19 heavy (non-hydrogen) atoms. The summed E-state index contributed by atoms with van der Waals surface area (Å²) in [4.78, 5) is 11.8. The van der Waals surface area contributed by atoms with Gasteiger partial charge in [-0.05, 0) is 31.0 Å². The van der Waals surface area contributed by atoms with Crippen LogP contribution in [0.2, 0.25) is 5.02 Å². The number of hydrogen-bond donors (Lipinski definition) is 2. The molecule has 5 heteroatoms. The van der Waals surface area contributed by atoms with Crippen LogP contribution in [-0.2, 0) is 16.0 Å². The van der Waals surface area contributed by atoms with E-state index in [9.17, 15) is 4.79 Å². The van der Waals surface area contributed by atoms with Gasteiger partial charge in [-0.1, -0.05) is 23.7 Å². The number of benzene rings is 1. The highest BCUT2D eigenvalue weighted by atomic mass is 35.5. The quantitative estimate of drug-likeness (QED) is 0.802. The van der Waals surface area contributed by atoms with E-state index in [0.717, 1.165) is 12.0 Å². The highest BCUT2D eigenvalue weighted by Gasteiger charge is 2.13. The molecule has 4 nitrogen and oxygen atoms in total. The maximum Gasteiger partial charge on any atom is 0.222 e. The molecule has 1 rings (SSSR count). The van der Waals surface area contributed by atoms with Crippen LogP contribution in [0.25, 0.3) is 0 Å². The number of halogens is 1. The molecular formula is C14H21ClN2O2. The molecule has 0 heterocycles. The summed E-state index contributed by atoms with van der Waals surface area (Å²) in [5, 5.41) is 3.64. The Hall–Kier alpha value is -1.10. The van der Waals surface area contributed by atoms with E-state index in [1.165, 1.54) is 0 Å². The Morgan fingerprint density at radius 2 is 2.26 bits per heavy atom. The van der Waals surface area contributed by atoms with Gasteiger partial charge in [0.1, 0.15) is 0 Å². The van der Waals surface area contributed by atoms with Gasteiger partial charge in [0, 0.05) is 24.7 Å². The molecule has 0 bridgehead atoms. The SMILES string of the molecule is COC(CN)CC(=O)NC(C)Cc1cccc(Cl)c1. The summed E-state index contributed by atoms with van der Waals surface area (Å²) < 4.78 is 5.08. The molecule has 2 unspecified atom stereocenters. The molecule has 106 valence electrons. The molecule has 0 aromatic heterocycles. The lowest BCUT2D eigenvalue weighted by molar-refractivity contribution is -0.123. The largest absolute Gasteiger partial charge is 0.380 e. The summed E-state index contributed by atoms with van der Waals surface area (Å²) in [6, 6.07) is 7.68. The first-order chi connectivity index (χ1) is 9.05. The van der Waals surface area contributed by atoms with E-state index in [1.807, 2.05) is 31.2 Å². The van der Waals surface area contributed by atoms with Gasteiger partial charge < -0.3 is 15.8 Å². The van der Waals surface area contributed by atoms with Crippen molar-refractivity contribution in [3.63, 3.8) is 0 Å². The van der Waals surface area contributed by atoms with Gasteiger partial charge in [-0.3, -0.25) is 4.79 Å². The molecular weight excluding hydrogens is 264 g/mol. The summed E-state index contributed by atoms with van der Waals surface area (Å²) in [5.41, 5.74) is 6.58. The topological polar surface area (TPSA) is 64.3 Å². The molecule has 1 aromatic rings. The van der Waals surface area contributed by atoms with Crippen LogP contribution in [0.3, 0.4) is 0 Å². The van der Waals surface area contributed by atoms with Gasteiger partial charge in [0.15, 0.2) is 0 Å². The fourth-order valence-corrected chi connectivity index (χ4v) is 2.08. The zero-order chi connectivity index (χ0) is 14.3. The second-order valence-electron chi connectivity index (χ2n) is 4.60. The minimum Gasteiger partial charge on any atom is -0.380 e. The van der Waals surface area contributed by atoms with Crippen LogP contribution >= 0.6 is 11.6 Å². The van der Waals surface area contributed by atoms with E-state index in [2.05, 4.69) is 5.32 Å². The summed E-state index contributed by atoms with van der Waals surface area (Å²) in [5.74, 6) is -0.0492. The number of ether oxygens (including phenoxy) is 1. The van der Waals surface area contributed by atoms with Crippen molar-refractivity contribution in [3.05, 3.63) is 34.9 Å². The second-order valence-corrected chi connectivity index (χ2v) is 5.04. The number of nitrogens with two attached hydrogens (primary N) is 1. The number of methoxy groups -OCH3 is 1. The van der Waals surface area contributed by atoms with Crippen molar-refractivity contribution in [2.45, 2.75) is 31.9 Å². The molecule has 0 aliphatic heterocycles. The zero-order valence-electron chi connectivity index (χ0n) is 11.4. The van der Waals surface area contributed by atoms with Crippen LogP contribution < -0.4 is 11.1 Å². The lowest BCUT2D eigenvalue weighted by Crippen LogP contribution is -2.37. The molecule has 0 aliphatic rings. The molecule has 2 atom stereocenters. The Bertz CT molecular complexity index is 408. The molecule has 0 saturated carbocycles. The van der Waals surface area contributed by atoms with Crippen molar-refractivity contribution < 1.29 is 9.53 Å². The van der Waals surface area contributed by atoms with Crippen LogP contribution in [0, 0.1) is 0 Å². The Morgan fingerprint density at radius 1 is 1.53 bits per heavy atom. The van der Waals surface area contributed by atoms with Crippen LogP contribution in [0.1, 0.15) is 18.9 Å². The lowest BCUT2D eigenvalue weighted by atomic mass is 10.1. The molecule has 1 aromatic carbocycles. The van der Waals surface area contributed by atoms with E-state index < -0.39 is 0 Å².